The molecule has 82 valence electrons. The molecular formula is C10H7BrFN3O. The van der Waals surface area contributed by atoms with Crippen molar-refractivity contribution in [1.82, 2.24) is 15.0 Å². The van der Waals surface area contributed by atoms with E-state index in [0.717, 1.165) is 5.56 Å². The highest BCUT2D eigenvalue weighted by molar-refractivity contribution is 9.10. The molecule has 0 radical (unpaired) electrons. The van der Waals surface area contributed by atoms with Gasteiger partial charge >= 0.3 is 0 Å². The molecule has 2 aromatic rings. The minimum Gasteiger partial charge on any atom is -0.296 e. The molecule has 0 unspecified atom stereocenters. The first kappa shape index (κ1) is 10.9. The molecule has 2 rings (SSSR count). The number of halogens is 2. The number of aromatic nitrogens is 3. The lowest BCUT2D eigenvalue weighted by atomic mass is 10.2. The summed E-state index contributed by atoms with van der Waals surface area (Å²) in [6.07, 6.45) is 2.12. The SMILES string of the molecule is O=Cc1cn(Cc2cccc(F)c2Br)nn1. The number of hydrogen-bond donors (Lipinski definition) is 0. The van der Waals surface area contributed by atoms with Crippen LogP contribution < -0.4 is 0 Å². The third-order valence-corrected chi connectivity index (χ3v) is 2.93. The Bertz CT molecular complexity index is 527. The summed E-state index contributed by atoms with van der Waals surface area (Å²) in [5.41, 5.74) is 0.995. The molecule has 0 atom stereocenters. The van der Waals surface area contributed by atoms with Gasteiger partial charge in [-0.15, -0.1) is 5.10 Å². The molecular weight excluding hydrogens is 277 g/mol. The summed E-state index contributed by atoms with van der Waals surface area (Å²) in [6.45, 7) is 0.360. The fraction of sp³-hybridized carbons (Fsp3) is 0.100. The standard InChI is InChI=1S/C10H7BrFN3O/c11-10-7(2-1-3-9(10)12)4-15-5-8(6-16)13-14-15/h1-3,5-6H,4H2. The van der Waals surface area contributed by atoms with Crippen molar-refractivity contribution in [2.45, 2.75) is 6.54 Å². The Labute approximate surface area is 99.2 Å². The van der Waals surface area contributed by atoms with Crippen molar-refractivity contribution in [2.24, 2.45) is 0 Å². The Hall–Kier alpha value is -1.56. The van der Waals surface area contributed by atoms with Crippen molar-refractivity contribution >= 4 is 22.2 Å². The molecule has 0 saturated heterocycles. The van der Waals surface area contributed by atoms with Crippen molar-refractivity contribution in [1.29, 1.82) is 0 Å². The Morgan fingerprint density at radius 3 is 3.00 bits per heavy atom. The quantitative estimate of drug-likeness (QED) is 0.810. The van der Waals surface area contributed by atoms with Gasteiger partial charge < -0.3 is 0 Å². The van der Waals surface area contributed by atoms with E-state index in [1.165, 1.54) is 16.9 Å². The molecule has 16 heavy (non-hydrogen) atoms. The fourth-order valence-electron chi connectivity index (χ4n) is 1.29. The van der Waals surface area contributed by atoms with E-state index in [9.17, 15) is 9.18 Å². The van der Waals surface area contributed by atoms with Gasteiger partial charge in [0, 0.05) is 0 Å². The van der Waals surface area contributed by atoms with E-state index < -0.39 is 0 Å². The second-order valence-electron chi connectivity index (χ2n) is 3.17. The summed E-state index contributed by atoms with van der Waals surface area (Å²) >= 11 is 3.16. The highest BCUT2D eigenvalue weighted by Gasteiger charge is 2.06. The van der Waals surface area contributed by atoms with Crippen LogP contribution in [0.25, 0.3) is 0 Å². The summed E-state index contributed by atoms with van der Waals surface area (Å²) in [5, 5.41) is 7.36. The van der Waals surface area contributed by atoms with E-state index in [1.54, 1.807) is 12.1 Å². The minimum atomic E-state index is -0.326. The van der Waals surface area contributed by atoms with Gasteiger partial charge in [-0.25, -0.2) is 9.07 Å². The van der Waals surface area contributed by atoms with Gasteiger partial charge in [0.25, 0.3) is 0 Å². The summed E-state index contributed by atoms with van der Waals surface area (Å²) in [7, 11) is 0. The third kappa shape index (κ3) is 2.16. The van der Waals surface area contributed by atoms with Gasteiger partial charge in [0.2, 0.25) is 0 Å². The van der Waals surface area contributed by atoms with Crippen LogP contribution in [0.15, 0.2) is 28.9 Å². The zero-order valence-electron chi connectivity index (χ0n) is 8.10. The number of rotatable bonds is 3. The van der Waals surface area contributed by atoms with Gasteiger partial charge in [-0.1, -0.05) is 17.3 Å². The van der Waals surface area contributed by atoms with Crippen molar-refractivity contribution in [2.75, 3.05) is 0 Å². The molecule has 0 bridgehead atoms. The molecule has 0 spiro atoms. The van der Waals surface area contributed by atoms with E-state index in [4.69, 9.17) is 0 Å². The highest BCUT2D eigenvalue weighted by Crippen LogP contribution is 2.20. The lowest BCUT2D eigenvalue weighted by Crippen LogP contribution is -2.02. The van der Waals surface area contributed by atoms with E-state index in [-0.39, 0.29) is 11.5 Å². The second-order valence-corrected chi connectivity index (χ2v) is 3.96. The Morgan fingerprint density at radius 2 is 2.31 bits per heavy atom. The number of nitrogens with zero attached hydrogens (tertiary/aromatic N) is 3. The zero-order valence-corrected chi connectivity index (χ0v) is 9.69. The summed E-state index contributed by atoms with van der Waals surface area (Å²) in [4.78, 5) is 10.4. The first-order valence-electron chi connectivity index (χ1n) is 4.49. The number of carbonyl (C=O) groups excluding carboxylic acids is 1. The molecule has 6 heteroatoms. The summed E-state index contributed by atoms with van der Waals surface area (Å²) in [6, 6.07) is 4.76. The largest absolute Gasteiger partial charge is 0.296 e. The lowest BCUT2D eigenvalue weighted by molar-refractivity contribution is 0.111. The number of aldehydes is 1. The summed E-state index contributed by atoms with van der Waals surface area (Å²) < 4.78 is 15.1. The first-order valence-corrected chi connectivity index (χ1v) is 5.28. The van der Waals surface area contributed by atoms with E-state index in [2.05, 4.69) is 26.2 Å². The van der Waals surface area contributed by atoms with Gasteiger partial charge in [0.1, 0.15) is 11.5 Å². The van der Waals surface area contributed by atoms with Crippen LogP contribution in [0.3, 0.4) is 0 Å². The maximum absolute atomic E-state index is 13.2. The Balaban J connectivity index is 2.26. The molecule has 0 saturated carbocycles. The number of carbonyl (C=O) groups is 1. The van der Waals surface area contributed by atoms with Gasteiger partial charge in [-0.3, -0.25) is 4.79 Å². The lowest BCUT2D eigenvalue weighted by Gasteiger charge is -2.04. The Kier molecular flexibility index (Phi) is 3.09. The molecule has 0 fully saturated rings. The number of hydrogen-bond acceptors (Lipinski definition) is 3. The fourth-order valence-corrected chi connectivity index (χ4v) is 1.68. The van der Waals surface area contributed by atoms with Crippen LogP contribution in [-0.2, 0) is 6.54 Å². The van der Waals surface area contributed by atoms with Gasteiger partial charge in [-0.05, 0) is 27.6 Å². The highest BCUT2D eigenvalue weighted by atomic mass is 79.9. The van der Waals surface area contributed by atoms with Gasteiger partial charge in [-0.2, -0.15) is 0 Å². The minimum absolute atomic E-state index is 0.257. The van der Waals surface area contributed by atoms with Crippen LogP contribution in [0.1, 0.15) is 16.1 Å². The normalized spacial score (nSPS) is 10.4. The average molecular weight is 284 g/mol. The van der Waals surface area contributed by atoms with E-state index in [1.807, 2.05) is 0 Å². The predicted molar refractivity (Wildman–Crippen MR) is 58.6 cm³/mol. The Morgan fingerprint density at radius 1 is 1.50 bits per heavy atom. The smallest absolute Gasteiger partial charge is 0.171 e. The predicted octanol–water partition coefficient (Wildman–Crippen LogP) is 2.04. The molecule has 1 aromatic carbocycles. The molecule has 1 aromatic heterocycles. The van der Waals surface area contributed by atoms with Crippen molar-refractivity contribution in [3.63, 3.8) is 0 Å². The van der Waals surface area contributed by atoms with Crippen LogP contribution in [0.4, 0.5) is 4.39 Å². The summed E-state index contributed by atoms with van der Waals surface area (Å²) in [5.74, 6) is -0.326. The third-order valence-electron chi connectivity index (χ3n) is 2.04. The van der Waals surface area contributed by atoms with E-state index in [0.29, 0.717) is 17.3 Å². The van der Waals surface area contributed by atoms with Crippen molar-refractivity contribution in [3.05, 3.63) is 45.9 Å². The molecule has 4 nitrogen and oxygen atoms in total. The average Bonchev–Trinajstić information content (AvgIpc) is 2.73. The molecule has 0 aliphatic rings. The van der Waals surface area contributed by atoms with Crippen LogP contribution in [-0.4, -0.2) is 21.3 Å². The van der Waals surface area contributed by atoms with Crippen LogP contribution in [0, 0.1) is 5.82 Å². The molecule has 1 heterocycles. The van der Waals surface area contributed by atoms with Crippen LogP contribution >= 0.6 is 15.9 Å². The van der Waals surface area contributed by atoms with Crippen molar-refractivity contribution in [3.8, 4) is 0 Å². The topological polar surface area (TPSA) is 47.8 Å². The van der Waals surface area contributed by atoms with E-state index >= 15 is 0 Å². The molecule has 0 amide bonds. The maximum atomic E-state index is 13.2. The second kappa shape index (κ2) is 4.52. The van der Waals surface area contributed by atoms with Crippen molar-refractivity contribution < 1.29 is 9.18 Å². The number of benzene rings is 1. The maximum Gasteiger partial charge on any atom is 0.171 e. The van der Waals surface area contributed by atoms with Crippen LogP contribution in [0.5, 0.6) is 0 Å². The monoisotopic (exact) mass is 283 g/mol. The first-order chi connectivity index (χ1) is 7.70. The van der Waals surface area contributed by atoms with Gasteiger partial charge in [0.05, 0.1) is 17.2 Å². The van der Waals surface area contributed by atoms with Crippen LogP contribution in [0.2, 0.25) is 0 Å². The van der Waals surface area contributed by atoms with Gasteiger partial charge in [0.15, 0.2) is 6.29 Å². The zero-order chi connectivity index (χ0) is 11.5. The molecule has 0 aliphatic heterocycles. The molecule has 0 aliphatic carbocycles. The molecule has 0 N–H and O–H groups in total.